The first-order valence-corrected chi connectivity index (χ1v) is 10.3. The van der Waals surface area contributed by atoms with Crippen LogP contribution in [0.15, 0.2) is 12.4 Å². The van der Waals surface area contributed by atoms with Crippen LogP contribution in [0, 0.1) is 5.92 Å². The van der Waals surface area contributed by atoms with Crippen LogP contribution < -0.4 is 0 Å². The molecule has 0 radical (unpaired) electrons. The van der Waals surface area contributed by atoms with E-state index in [1.807, 2.05) is 40.7 Å². The molecule has 158 valence electrons. The van der Waals surface area contributed by atoms with Gasteiger partial charge in [-0.1, -0.05) is 31.5 Å². The van der Waals surface area contributed by atoms with Crippen molar-refractivity contribution in [3.8, 4) is 0 Å². The van der Waals surface area contributed by atoms with Crippen LogP contribution in [0.2, 0.25) is 5.15 Å². The molecule has 1 aliphatic heterocycles. The molecule has 1 aliphatic carbocycles. The number of allylic oxidation sites excluding steroid dienone is 1. The minimum absolute atomic E-state index is 0.0660. The maximum absolute atomic E-state index is 13.2. The van der Waals surface area contributed by atoms with Gasteiger partial charge in [-0.2, -0.15) is 0 Å². The molecule has 1 aromatic heterocycles. The molecule has 0 aromatic carbocycles. The van der Waals surface area contributed by atoms with E-state index in [0.717, 1.165) is 11.1 Å². The Morgan fingerprint density at radius 1 is 1.31 bits per heavy atom. The maximum Gasteiger partial charge on any atom is 0.411 e. The van der Waals surface area contributed by atoms with Gasteiger partial charge in [0.25, 0.3) is 0 Å². The molecule has 0 saturated carbocycles. The first kappa shape index (κ1) is 21.6. The zero-order chi connectivity index (χ0) is 21.5. The van der Waals surface area contributed by atoms with Crippen LogP contribution in [0.1, 0.15) is 59.2 Å². The van der Waals surface area contributed by atoms with Gasteiger partial charge in [0.05, 0.1) is 11.7 Å². The Labute approximate surface area is 176 Å². The molecule has 1 saturated heterocycles. The molecular weight excluding hydrogens is 394 g/mol. The standard InChI is InChI=1S/C21H28ClN3O4/c1-7-15-11(2)18(28-12(3)26)17(25(15)20(27)29-21(4,5)6)13-8-9-14-16(13)23-10-24-19(14)22/h8,10-11,15,17-18H,7,9H2,1-6H3/t11-,15-,17+,18-/m1/s1. The lowest BCUT2D eigenvalue weighted by Crippen LogP contribution is -2.46. The molecule has 1 aromatic rings. The first-order valence-electron chi connectivity index (χ1n) is 9.93. The number of fused-ring (bicyclic) bond motifs is 1. The first-order chi connectivity index (χ1) is 13.5. The summed E-state index contributed by atoms with van der Waals surface area (Å²) in [6, 6.07) is -0.637. The number of esters is 1. The largest absolute Gasteiger partial charge is 0.460 e. The van der Waals surface area contributed by atoms with E-state index < -0.39 is 23.8 Å². The SMILES string of the molecule is CC[C@@H]1[C@@H](C)[C@@H](OC(C)=O)[C@H](C2=CCc3c(Cl)ncnc32)N1C(=O)OC(C)(C)C. The molecule has 7 nitrogen and oxygen atoms in total. The fourth-order valence-corrected chi connectivity index (χ4v) is 4.55. The van der Waals surface area contributed by atoms with E-state index >= 15 is 0 Å². The summed E-state index contributed by atoms with van der Waals surface area (Å²) in [5.41, 5.74) is 1.70. The number of hydrogen-bond acceptors (Lipinski definition) is 6. The molecule has 0 spiro atoms. The summed E-state index contributed by atoms with van der Waals surface area (Å²) >= 11 is 6.26. The molecular formula is C21H28ClN3O4. The number of hydrogen-bond donors (Lipinski definition) is 0. The van der Waals surface area contributed by atoms with Crippen LogP contribution in [0.25, 0.3) is 5.57 Å². The van der Waals surface area contributed by atoms with E-state index in [-0.39, 0.29) is 17.9 Å². The smallest absolute Gasteiger partial charge is 0.411 e. The highest BCUT2D eigenvalue weighted by Gasteiger charge is 2.53. The maximum atomic E-state index is 13.2. The minimum Gasteiger partial charge on any atom is -0.460 e. The summed E-state index contributed by atoms with van der Waals surface area (Å²) in [6.07, 6.45) is 3.75. The van der Waals surface area contributed by atoms with Crippen LogP contribution in [0.3, 0.4) is 0 Å². The van der Waals surface area contributed by atoms with Crippen LogP contribution in [-0.4, -0.2) is 50.7 Å². The normalized spacial score (nSPS) is 26.2. The number of rotatable bonds is 3. The van der Waals surface area contributed by atoms with Crippen molar-refractivity contribution < 1.29 is 19.1 Å². The fraction of sp³-hybridized carbons (Fsp3) is 0.619. The molecule has 2 aliphatic rings. The number of nitrogens with zero attached hydrogens (tertiary/aromatic N) is 3. The highest BCUT2D eigenvalue weighted by molar-refractivity contribution is 6.30. The van der Waals surface area contributed by atoms with Gasteiger partial charge >= 0.3 is 12.1 Å². The lowest BCUT2D eigenvalue weighted by atomic mass is 9.93. The third-order valence-corrected chi connectivity index (χ3v) is 5.75. The van der Waals surface area contributed by atoms with Crippen molar-refractivity contribution in [3.63, 3.8) is 0 Å². The Kier molecular flexibility index (Phi) is 5.90. The molecule has 4 atom stereocenters. The predicted octanol–water partition coefficient (Wildman–Crippen LogP) is 4.04. The highest BCUT2D eigenvalue weighted by Crippen LogP contribution is 2.44. The van der Waals surface area contributed by atoms with Gasteiger partial charge in [-0.15, -0.1) is 0 Å². The third kappa shape index (κ3) is 4.10. The predicted molar refractivity (Wildman–Crippen MR) is 109 cm³/mol. The Morgan fingerprint density at radius 3 is 2.59 bits per heavy atom. The second kappa shape index (κ2) is 7.94. The quantitative estimate of drug-likeness (QED) is 0.541. The van der Waals surface area contributed by atoms with Crippen LogP contribution in [0.5, 0.6) is 0 Å². The number of carbonyl (C=O) groups excluding carboxylic acids is 2. The van der Waals surface area contributed by atoms with Crippen molar-refractivity contribution in [2.75, 3.05) is 0 Å². The van der Waals surface area contributed by atoms with Gasteiger partial charge in [-0.25, -0.2) is 14.8 Å². The monoisotopic (exact) mass is 421 g/mol. The Balaban J connectivity index is 2.08. The molecule has 29 heavy (non-hydrogen) atoms. The van der Waals surface area contributed by atoms with Crippen LogP contribution >= 0.6 is 11.6 Å². The molecule has 1 amide bonds. The van der Waals surface area contributed by atoms with Crippen molar-refractivity contribution in [1.82, 2.24) is 14.9 Å². The van der Waals surface area contributed by atoms with E-state index in [0.29, 0.717) is 23.7 Å². The molecule has 1 fully saturated rings. The lowest BCUT2D eigenvalue weighted by molar-refractivity contribution is -0.148. The average molecular weight is 422 g/mol. The van der Waals surface area contributed by atoms with Gasteiger partial charge in [0.15, 0.2) is 0 Å². The van der Waals surface area contributed by atoms with Crippen molar-refractivity contribution in [3.05, 3.63) is 28.8 Å². The summed E-state index contributed by atoms with van der Waals surface area (Å²) < 4.78 is 11.4. The number of ether oxygens (including phenoxy) is 2. The Bertz CT molecular complexity index is 849. The van der Waals surface area contributed by atoms with Crippen molar-refractivity contribution in [2.24, 2.45) is 5.92 Å². The summed E-state index contributed by atoms with van der Waals surface area (Å²) in [5.74, 6) is -0.448. The second-order valence-electron chi connectivity index (χ2n) is 8.60. The zero-order valence-electron chi connectivity index (χ0n) is 17.7. The number of halogens is 1. The average Bonchev–Trinajstić information content (AvgIpc) is 3.13. The van der Waals surface area contributed by atoms with Gasteiger partial charge < -0.3 is 9.47 Å². The highest BCUT2D eigenvalue weighted by atomic mass is 35.5. The molecule has 0 bridgehead atoms. The Morgan fingerprint density at radius 2 is 2.00 bits per heavy atom. The molecule has 2 heterocycles. The van der Waals surface area contributed by atoms with Crippen molar-refractivity contribution in [1.29, 1.82) is 0 Å². The topological polar surface area (TPSA) is 81.6 Å². The van der Waals surface area contributed by atoms with Gasteiger partial charge in [0.2, 0.25) is 0 Å². The molecule has 0 N–H and O–H groups in total. The molecule has 0 unspecified atom stereocenters. The van der Waals surface area contributed by atoms with Crippen LogP contribution in [-0.2, 0) is 20.7 Å². The van der Waals surface area contributed by atoms with Gasteiger partial charge in [0.1, 0.15) is 23.2 Å². The Hall–Kier alpha value is -2.15. The summed E-state index contributed by atoms with van der Waals surface area (Å²) in [5, 5.41) is 0.396. The van der Waals surface area contributed by atoms with E-state index in [2.05, 4.69) is 9.97 Å². The number of carbonyl (C=O) groups is 2. The van der Waals surface area contributed by atoms with Crippen molar-refractivity contribution in [2.45, 2.75) is 78.2 Å². The van der Waals surface area contributed by atoms with E-state index in [1.165, 1.54) is 13.3 Å². The van der Waals surface area contributed by atoms with Gasteiger partial charge in [0, 0.05) is 30.0 Å². The number of likely N-dealkylation sites (tertiary alicyclic amines) is 1. The van der Waals surface area contributed by atoms with Crippen molar-refractivity contribution >= 4 is 29.2 Å². The summed E-state index contributed by atoms with van der Waals surface area (Å²) in [6.45, 7) is 10.9. The molecule has 3 rings (SSSR count). The summed E-state index contributed by atoms with van der Waals surface area (Å²) in [7, 11) is 0. The van der Waals surface area contributed by atoms with Crippen LogP contribution in [0.4, 0.5) is 4.79 Å². The van der Waals surface area contributed by atoms with Gasteiger partial charge in [-0.05, 0) is 33.6 Å². The number of amides is 1. The second-order valence-corrected chi connectivity index (χ2v) is 8.95. The fourth-order valence-electron chi connectivity index (χ4n) is 4.34. The minimum atomic E-state index is -0.643. The van der Waals surface area contributed by atoms with E-state index in [1.54, 1.807) is 4.90 Å². The van der Waals surface area contributed by atoms with E-state index in [9.17, 15) is 9.59 Å². The zero-order valence-corrected chi connectivity index (χ0v) is 18.5. The summed E-state index contributed by atoms with van der Waals surface area (Å²) in [4.78, 5) is 35.3. The molecule has 8 heteroatoms. The van der Waals surface area contributed by atoms with E-state index in [4.69, 9.17) is 21.1 Å². The lowest BCUT2D eigenvalue weighted by Gasteiger charge is -2.33. The number of aromatic nitrogens is 2. The third-order valence-electron chi connectivity index (χ3n) is 5.43. The van der Waals surface area contributed by atoms with Gasteiger partial charge in [-0.3, -0.25) is 9.69 Å².